The standard InChI is InChI=1S/C21H34N4O.HI/c1-3-17-26-20-12-6-5-11-19(20)18-24-21(22-4-2)23-13-7-8-14-25-15-9-10-16-25;/h3,5-6,11-12H,1,4,7-10,13-18H2,2H3,(H2,22,23,24);1H. The summed E-state index contributed by atoms with van der Waals surface area (Å²) in [5.74, 6) is 1.74. The van der Waals surface area contributed by atoms with Crippen molar-refractivity contribution in [2.75, 3.05) is 39.3 Å². The van der Waals surface area contributed by atoms with Gasteiger partial charge < -0.3 is 20.3 Å². The SMILES string of the molecule is C=CCOc1ccccc1CN=C(NCC)NCCCCN1CCCC1.I. The number of halogens is 1. The van der Waals surface area contributed by atoms with Gasteiger partial charge in [0.25, 0.3) is 0 Å². The number of likely N-dealkylation sites (tertiary alicyclic amines) is 1. The molecule has 27 heavy (non-hydrogen) atoms. The van der Waals surface area contributed by atoms with E-state index in [1.807, 2.05) is 18.2 Å². The third-order valence-electron chi connectivity index (χ3n) is 4.47. The molecule has 0 amide bonds. The van der Waals surface area contributed by atoms with Gasteiger partial charge in [-0.2, -0.15) is 0 Å². The first-order valence-electron chi connectivity index (χ1n) is 9.89. The second-order valence-electron chi connectivity index (χ2n) is 6.59. The van der Waals surface area contributed by atoms with Crippen LogP contribution in [-0.4, -0.2) is 50.2 Å². The van der Waals surface area contributed by atoms with E-state index in [0.717, 1.165) is 30.4 Å². The Balaban J connectivity index is 0.00000364. The minimum atomic E-state index is 0. The van der Waals surface area contributed by atoms with Crippen LogP contribution in [0.3, 0.4) is 0 Å². The Hall–Kier alpha value is -1.28. The molecule has 1 saturated heterocycles. The highest BCUT2D eigenvalue weighted by Crippen LogP contribution is 2.18. The highest BCUT2D eigenvalue weighted by Gasteiger charge is 2.10. The van der Waals surface area contributed by atoms with Crippen LogP contribution in [0.25, 0.3) is 0 Å². The van der Waals surface area contributed by atoms with E-state index in [0.29, 0.717) is 13.2 Å². The van der Waals surface area contributed by atoms with Gasteiger partial charge in [-0.15, -0.1) is 24.0 Å². The first-order valence-corrected chi connectivity index (χ1v) is 9.89. The van der Waals surface area contributed by atoms with Crippen LogP contribution in [0, 0.1) is 0 Å². The van der Waals surface area contributed by atoms with Crippen molar-refractivity contribution in [2.45, 2.75) is 39.2 Å². The van der Waals surface area contributed by atoms with Crippen molar-refractivity contribution in [1.82, 2.24) is 15.5 Å². The number of ether oxygens (including phenoxy) is 1. The van der Waals surface area contributed by atoms with Gasteiger partial charge in [-0.1, -0.05) is 30.9 Å². The molecule has 2 rings (SSSR count). The number of benzene rings is 1. The fraction of sp³-hybridized carbons (Fsp3) is 0.571. The van der Waals surface area contributed by atoms with Gasteiger partial charge in [0, 0.05) is 18.7 Å². The summed E-state index contributed by atoms with van der Waals surface area (Å²) in [4.78, 5) is 7.27. The molecule has 0 atom stereocenters. The Bertz CT molecular complexity index is 559. The molecule has 1 aliphatic heterocycles. The Morgan fingerprint density at radius 3 is 2.74 bits per heavy atom. The largest absolute Gasteiger partial charge is 0.489 e. The summed E-state index contributed by atoms with van der Waals surface area (Å²) in [6, 6.07) is 8.04. The summed E-state index contributed by atoms with van der Waals surface area (Å²) in [5.41, 5.74) is 1.08. The molecule has 0 saturated carbocycles. The zero-order valence-electron chi connectivity index (χ0n) is 16.6. The minimum absolute atomic E-state index is 0. The molecule has 0 radical (unpaired) electrons. The van der Waals surface area contributed by atoms with E-state index in [2.05, 4.69) is 35.1 Å². The topological polar surface area (TPSA) is 48.9 Å². The molecular weight excluding hydrogens is 451 g/mol. The quantitative estimate of drug-likeness (QED) is 0.164. The van der Waals surface area contributed by atoms with E-state index >= 15 is 0 Å². The number of rotatable bonds is 11. The van der Waals surface area contributed by atoms with Crippen LogP contribution in [0.2, 0.25) is 0 Å². The molecule has 0 spiro atoms. The van der Waals surface area contributed by atoms with Crippen LogP contribution in [0.5, 0.6) is 5.75 Å². The molecule has 1 heterocycles. The number of nitrogens with one attached hydrogen (secondary N) is 2. The second-order valence-corrected chi connectivity index (χ2v) is 6.59. The summed E-state index contributed by atoms with van der Waals surface area (Å²) in [5, 5.41) is 6.76. The smallest absolute Gasteiger partial charge is 0.191 e. The highest BCUT2D eigenvalue weighted by molar-refractivity contribution is 14.0. The average molecular weight is 486 g/mol. The molecule has 0 aliphatic carbocycles. The Morgan fingerprint density at radius 1 is 1.22 bits per heavy atom. The number of para-hydroxylation sites is 1. The normalized spacial score (nSPS) is 14.5. The maximum Gasteiger partial charge on any atom is 0.191 e. The molecule has 6 heteroatoms. The predicted octanol–water partition coefficient (Wildman–Crippen LogP) is 3.80. The zero-order valence-corrected chi connectivity index (χ0v) is 18.9. The number of unbranched alkanes of at least 4 members (excludes halogenated alkanes) is 1. The van der Waals surface area contributed by atoms with Gasteiger partial charge in [0.15, 0.2) is 5.96 Å². The van der Waals surface area contributed by atoms with E-state index in [-0.39, 0.29) is 24.0 Å². The van der Waals surface area contributed by atoms with Gasteiger partial charge in [-0.25, -0.2) is 4.99 Å². The summed E-state index contributed by atoms with van der Waals surface area (Å²) in [7, 11) is 0. The van der Waals surface area contributed by atoms with E-state index in [9.17, 15) is 0 Å². The lowest BCUT2D eigenvalue weighted by Crippen LogP contribution is -2.38. The number of aliphatic imine (C=N–C) groups is 1. The van der Waals surface area contributed by atoms with Crippen LogP contribution in [0.15, 0.2) is 41.9 Å². The summed E-state index contributed by atoms with van der Waals surface area (Å²) < 4.78 is 5.71. The van der Waals surface area contributed by atoms with Crippen molar-refractivity contribution < 1.29 is 4.74 Å². The summed E-state index contributed by atoms with van der Waals surface area (Å²) >= 11 is 0. The van der Waals surface area contributed by atoms with Crippen molar-refractivity contribution in [1.29, 1.82) is 0 Å². The molecule has 1 fully saturated rings. The van der Waals surface area contributed by atoms with E-state index < -0.39 is 0 Å². The fourth-order valence-corrected chi connectivity index (χ4v) is 3.10. The maximum absolute atomic E-state index is 5.71. The predicted molar refractivity (Wildman–Crippen MR) is 125 cm³/mol. The van der Waals surface area contributed by atoms with Crippen LogP contribution < -0.4 is 15.4 Å². The molecule has 2 N–H and O–H groups in total. The van der Waals surface area contributed by atoms with Crippen molar-refractivity contribution >= 4 is 29.9 Å². The maximum atomic E-state index is 5.71. The third kappa shape index (κ3) is 9.46. The molecule has 0 aromatic heterocycles. The Morgan fingerprint density at radius 2 is 2.00 bits per heavy atom. The lowest BCUT2D eigenvalue weighted by atomic mass is 10.2. The number of nitrogens with zero attached hydrogens (tertiary/aromatic N) is 2. The van der Waals surface area contributed by atoms with E-state index in [1.54, 1.807) is 6.08 Å². The molecule has 1 aromatic rings. The molecule has 0 unspecified atom stereocenters. The molecule has 0 bridgehead atoms. The summed E-state index contributed by atoms with van der Waals surface area (Å²) in [6.07, 6.45) is 6.90. The van der Waals surface area contributed by atoms with Crippen molar-refractivity contribution in [2.24, 2.45) is 4.99 Å². The number of guanidine groups is 1. The molecule has 1 aromatic carbocycles. The molecule has 152 valence electrons. The van der Waals surface area contributed by atoms with Gasteiger partial charge in [-0.05, 0) is 58.3 Å². The lowest BCUT2D eigenvalue weighted by molar-refractivity contribution is 0.330. The monoisotopic (exact) mass is 486 g/mol. The number of hydrogen-bond acceptors (Lipinski definition) is 3. The van der Waals surface area contributed by atoms with Gasteiger partial charge in [0.2, 0.25) is 0 Å². The highest BCUT2D eigenvalue weighted by atomic mass is 127. The summed E-state index contributed by atoms with van der Waals surface area (Å²) in [6.45, 7) is 12.5. The van der Waals surface area contributed by atoms with Gasteiger partial charge >= 0.3 is 0 Å². The van der Waals surface area contributed by atoms with Crippen LogP contribution in [0.1, 0.15) is 38.2 Å². The third-order valence-corrected chi connectivity index (χ3v) is 4.47. The van der Waals surface area contributed by atoms with Crippen LogP contribution in [-0.2, 0) is 6.54 Å². The Labute approximate surface area is 181 Å². The van der Waals surface area contributed by atoms with Crippen molar-refractivity contribution in [3.8, 4) is 5.75 Å². The van der Waals surface area contributed by atoms with Crippen molar-refractivity contribution in [3.63, 3.8) is 0 Å². The molecular formula is C21H35IN4O. The van der Waals surface area contributed by atoms with E-state index in [4.69, 9.17) is 9.73 Å². The second kappa shape index (κ2) is 14.7. The average Bonchev–Trinajstić information content (AvgIpc) is 3.18. The molecule has 5 nitrogen and oxygen atoms in total. The zero-order chi connectivity index (χ0) is 18.5. The Kier molecular flexibility index (Phi) is 13.0. The van der Waals surface area contributed by atoms with Gasteiger partial charge in [0.05, 0.1) is 6.54 Å². The fourth-order valence-electron chi connectivity index (χ4n) is 3.10. The molecule has 1 aliphatic rings. The number of hydrogen-bond donors (Lipinski definition) is 2. The van der Waals surface area contributed by atoms with Gasteiger partial charge in [0.1, 0.15) is 12.4 Å². The first kappa shape index (κ1) is 23.8. The van der Waals surface area contributed by atoms with Crippen LogP contribution in [0.4, 0.5) is 0 Å². The van der Waals surface area contributed by atoms with Crippen molar-refractivity contribution in [3.05, 3.63) is 42.5 Å². The lowest BCUT2D eigenvalue weighted by Gasteiger charge is -2.15. The van der Waals surface area contributed by atoms with Gasteiger partial charge in [-0.3, -0.25) is 0 Å². The first-order chi connectivity index (χ1) is 12.8. The van der Waals surface area contributed by atoms with Crippen LogP contribution >= 0.6 is 24.0 Å². The minimum Gasteiger partial charge on any atom is -0.489 e. The van der Waals surface area contributed by atoms with E-state index in [1.165, 1.54) is 45.3 Å².